The largest absolute Gasteiger partial charge is 0.490 e. The number of benzene rings is 1. The summed E-state index contributed by atoms with van der Waals surface area (Å²) in [6, 6.07) is 8.93. The highest BCUT2D eigenvalue weighted by atomic mass is 16.6. The van der Waals surface area contributed by atoms with E-state index in [4.69, 9.17) is 9.84 Å². The Kier molecular flexibility index (Phi) is 5.37. The van der Waals surface area contributed by atoms with Gasteiger partial charge in [0.25, 0.3) is 5.78 Å². The summed E-state index contributed by atoms with van der Waals surface area (Å²) in [5.74, 6) is -3.08. The lowest BCUT2D eigenvalue weighted by Gasteiger charge is -2.06. The van der Waals surface area contributed by atoms with Crippen molar-refractivity contribution in [3.63, 3.8) is 0 Å². The monoisotopic (exact) mass is 252 g/mol. The smallest absolute Gasteiger partial charge is 0.372 e. The van der Waals surface area contributed by atoms with Crippen molar-refractivity contribution in [3.05, 3.63) is 30.3 Å². The SMILES string of the molecule is O=C(CC(=O)C(=O)O)OCCOc1ccccc1. The molecule has 96 valence electrons. The lowest BCUT2D eigenvalue weighted by molar-refractivity contribution is -0.155. The molecule has 1 N–H and O–H groups in total. The van der Waals surface area contributed by atoms with Crippen LogP contribution in [0.1, 0.15) is 6.42 Å². The summed E-state index contributed by atoms with van der Waals surface area (Å²) in [5.41, 5.74) is 0. The van der Waals surface area contributed by atoms with Crippen molar-refractivity contribution < 1.29 is 29.0 Å². The first-order chi connectivity index (χ1) is 8.59. The Morgan fingerprint density at radius 2 is 1.72 bits per heavy atom. The second-order valence-corrected chi connectivity index (χ2v) is 3.29. The fourth-order valence-electron chi connectivity index (χ4n) is 1.09. The minimum Gasteiger partial charge on any atom is -0.490 e. The van der Waals surface area contributed by atoms with E-state index in [1.54, 1.807) is 24.3 Å². The zero-order chi connectivity index (χ0) is 13.4. The second kappa shape index (κ2) is 7.05. The number of carboxylic acid groups (broad SMARTS) is 1. The number of aliphatic carboxylic acids is 1. The predicted octanol–water partition coefficient (Wildman–Crippen LogP) is 0.652. The molecule has 6 nitrogen and oxygen atoms in total. The number of hydrogen-bond donors (Lipinski definition) is 1. The van der Waals surface area contributed by atoms with Gasteiger partial charge in [0.2, 0.25) is 0 Å². The number of para-hydroxylation sites is 1. The molecule has 0 spiro atoms. The van der Waals surface area contributed by atoms with Crippen molar-refractivity contribution >= 4 is 17.7 Å². The van der Waals surface area contributed by atoms with Crippen molar-refractivity contribution in [3.8, 4) is 5.75 Å². The van der Waals surface area contributed by atoms with Crippen molar-refractivity contribution in [2.24, 2.45) is 0 Å². The van der Waals surface area contributed by atoms with Gasteiger partial charge in [0, 0.05) is 0 Å². The molecule has 0 aliphatic carbocycles. The number of carboxylic acids is 1. The van der Waals surface area contributed by atoms with Gasteiger partial charge in [0.1, 0.15) is 25.4 Å². The van der Waals surface area contributed by atoms with E-state index in [0.29, 0.717) is 5.75 Å². The van der Waals surface area contributed by atoms with E-state index in [9.17, 15) is 14.4 Å². The number of rotatable bonds is 7. The van der Waals surface area contributed by atoms with Gasteiger partial charge < -0.3 is 14.6 Å². The fraction of sp³-hybridized carbons (Fsp3) is 0.250. The Hall–Kier alpha value is -2.37. The Morgan fingerprint density at radius 3 is 2.33 bits per heavy atom. The van der Waals surface area contributed by atoms with Gasteiger partial charge in [-0.15, -0.1) is 0 Å². The number of hydrogen-bond acceptors (Lipinski definition) is 5. The Labute approximate surface area is 103 Å². The fourth-order valence-corrected chi connectivity index (χ4v) is 1.09. The quantitative estimate of drug-likeness (QED) is 0.331. The number of ether oxygens (including phenoxy) is 2. The van der Waals surface area contributed by atoms with Crippen LogP contribution in [0.5, 0.6) is 5.75 Å². The van der Waals surface area contributed by atoms with Gasteiger partial charge in [-0.2, -0.15) is 0 Å². The number of ketones is 1. The Morgan fingerprint density at radius 1 is 1.06 bits per heavy atom. The van der Waals surface area contributed by atoms with E-state index >= 15 is 0 Å². The summed E-state index contributed by atoms with van der Waals surface area (Å²) >= 11 is 0. The molecule has 18 heavy (non-hydrogen) atoms. The molecule has 0 saturated carbocycles. The van der Waals surface area contributed by atoms with Gasteiger partial charge in [0.05, 0.1) is 0 Å². The summed E-state index contributed by atoms with van der Waals surface area (Å²) in [6.45, 7) is 0.0949. The van der Waals surface area contributed by atoms with Crippen molar-refractivity contribution in [2.45, 2.75) is 6.42 Å². The maximum absolute atomic E-state index is 11.0. The molecule has 1 rings (SSSR count). The average Bonchev–Trinajstić information content (AvgIpc) is 2.35. The standard InChI is InChI=1S/C12H12O6/c13-10(12(15)16)8-11(14)18-7-6-17-9-4-2-1-3-5-9/h1-5H,6-8H2,(H,15,16). The molecule has 0 amide bonds. The average molecular weight is 252 g/mol. The van der Waals surface area contributed by atoms with Crippen LogP contribution in [-0.2, 0) is 19.1 Å². The molecular formula is C12H12O6. The molecule has 6 heteroatoms. The van der Waals surface area contributed by atoms with Crippen molar-refractivity contribution in [1.82, 2.24) is 0 Å². The number of carbonyl (C=O) groups is 3. The van der Waals surface area contributed by atoms with E-state index in [-0.39, 0.29) is 13.2 Å². The maximum Gasteiger partial charge on any atom is 0.372 e. The van der Waals surface area contributed by atoms with Gasteiger partial charge >= 0.3 is 11.9 Å². The van der Waals surface area contributed by atoms with Crippen molar-refractivity contribution in [2.75, 3.05) is 13.2 Å². The molecular weight excluding hydrogens is 240 g/mol. The highest BCUT2D eigenvalue weighted by Crippen LogP contribution is 2.07. The van der Waals surface area contributed by atoms with Gasteiger partial charge in [-0.1, -0.05) is 18.2 Å². The third-order valence-electron chi connectivity index (χ3n) is 1.90. The molecule has 1 aromatic rings. The second-order valence-electron chi connectivity index (χ2n) is 3.29. The molecule has 0 bridgehead atoms. The summed E-state index contributed by atoms with van der Waals surface area (Å²) in [6.07, 6.45) is -0.763. The molecule has 0 aliphatic rings. The van der Waals surface area contributed by atoms with Crippen LogP contribution in [0.25, 0.3) is 0 Å². The van der Waals surface area contributed by atoms with Crippen LogP contribution in [0.15, 0.2) is 30.3 Å². The van der Waals surface area contributed by atoms with E-state index in [0.717, 1.165) is 0 Å². The first-order valence-corrected chi connectivity index (χ1v) is 5.19. The summed E-state index contributed by atoms with van der Waals surface area (Å²) < 4.78 is 9.87. The van der Waals surface area contributed by atoms with Gasteiger partial charge in [-0.25, -0.2) is 4.79 Å². The molecule has 0 aliphatic heterocycles. The van der Waals surface area contributed by atoms with Gasteiger partial charge in [-0.3, -0.25) is 9.59 Å². The molecule has 0 aromatic heterocycles. The number of carbonyl (C=O) groups excluding carboxylic acids is 2. The van der Waals surface area contributed by atoms with E-state index in [1.165, 1.54) is 0 Å². The third kappa shape index (κ3) is 5.11. The summed E-state index contributed by atoms with van der Waals surface area (Å²) in [7, 11) is 0. The molecule has 1 aromatic carbocycles. The number of Topliss-reactive ketones (excluding diaryl/α,β-unsaturated/α-hetero) is 1. The van der Waals surface area contributed by atoms with Crippen molar-refractivity contribution in [1.29, 1.82) is 0 Å². The van der Waals surface area contributed by atoms with Gasteiger partial charge in [0.15, 0.2) is 0 Å². The number of esters is 1. The molecule has 0 unspecified atom stereocenters. The lowest BCUT2D eigenvalue weighted by Crippen LogP contribution is -2.20. The molecule has 0 heterocycles. The van der Waals surface area contributed by atoms with Crippen LogP contribution >= 0.6 is 0 Å². The van der Waals surface area contributed by atoms with E-state index in [2.05, 4.69) is 4.74 Å². The van der Waals surface area contributed by atoms with Crippen LogP contribution < -0.4 is 4.74 Å². The normalized spacial score (nSPS) is 9.56. The Balaban J connectivity index is 2.16. The third-order valence-corrected chi connectivity index (χ3v) is 1.90. The van der Waals surface area contributed by atoms with Crippen LogP contribution in [0.4, 0.5) is 0 Å². The zero-order valence-electron chi connectivity index (χ0n) is 9.50. The van der Waals surface area contributed by atoms with Gasteiger partial charge in [-0.05, 0) is 12.1 Å². The van der Waals surface area contributed by atoms with Crippen LogP contribution in [-0.4, -0.2) is 36.0 Å². The molecule has 0 saturated heterocycles. The first-order valence-electron chi connectivity index (χ1n) is 5.19. The molecule has 0 fully saturated rings. The summed E-state index contributed by atoms with van der Waals surface area (Å²) in [5, 5.41) is 8.27. The predicted molar refractivity (Wildman–Crippen MR) is 60.2 cm³/mol. The summed E-state index contributed by atoms with van der Waals surface area (Å²) in [4.78, 5) is 31.9. The van der Waals surface area contributed by atoms with E-state index in [1.807, 2.05) is 6.07 Å². The Bertz CT molecular complexity index is 425. The molecule has 0 atom stereocenters. The highest BCUT2D eigenvalue weighted by Gasteiger charge is 2.17. The zero-order valence-corrected chi connectivity index (χ0v) is 9.50. The minimum atomic E-state index is -1.65. The minimum absolute atomic E-state index is 0.0410. The first kappa shape index (κ1) is 13.7. The van der Waals surface area contributed by atoms with Crippen LogP contribution in [0.2, 0.25) is 0 Å². The maximum atomic E-state index is 11.0. The lowest BCUT2D eigenvalue weighted by atomic mass is 10.3. The topological polar surface area (TPSA) is 89.9 Å². The van der Waals surface area contributed by atoms with Crippen LogP contribution in [0.3, 0.4) is 0 Å². The molecule has 0 radical (unpaired) electrons. The highest BCUT2D eigenvalue weighted by molar-refractivity contribution is 6.35. The van der Waals surface area contributed by atoms with Crippen LogP contribution in [0, 0.1) is 0 Å². The van der Waals surface area contributed by atoms with E-state index < -0.39 is 24.1 Å².